The van der Waals surface area contributed by atoms with Gasteiger partial charge in [-0.1, -0.05) is 42.5 Å². The predicted molar refractivity (Wildman–Crippen MR) is 147 cm³/mol. The van der Waals surface area contributed by atoms with Gasteiger partial charge in [-0.15, -0.1) is 23.7 Å². The zero-order valence-corrected chi connectivity index (χ0v) is 22.2. The molecule has 1 aliphatic rings. The number of hydrogen-bond acceptors (Lipinski definition) is 6. The molecule has 3 N–H and O–H groups in total. The SMILES string of the molecule is Cl.O=C(N[C@@H](CCCCN(Cc1ccccc1)C(=O)O)C(=O)c1nc2ccccc2s1)[C@@H]1CCCNC1. The van der Waals surface area contributed by atoms with Crippen LogP contribution in [0.4, 0.5) is 4.79 Å². The van der Waals surface area contributed by atoms with Gasteiger partial charge in [0.2, 0.25) is 11.7 Å². The summed E-state index contributed by atoms with van der Waals surface area (Å²) in [6, 6.07) is 16.4. The Hall–Kier alpha value is -3.01. The van der Waals surface area contributed by atoms with Crippen molar-refractivity contribution in [3.8, 4) is 0 Å². The summed E-state index contributed by atoms with van der Waals surface area (Å²) in [4.78, 5) is 44.0. The maximum Gasteiger partial charge on any atom is 0.407 e. The van der Waals surface area contributed by atoms with E-state index >= 15 is 0 Å². The summed E-state index contributed by atoms with van der Waals surface area (Å²) in [5.74, 6) is -0.455. The van der Waals surface area contributed by atoms with Gasteiger partial charge in [-0.25, -0.2) is 9.78 Å². The van der Waals surface area contributed by atoms with Gasteiger partial charge in [0.15, 0.2) is 5.01 Å². The number of piperidine rings is 1. The molecule has 2 atom stereocenters. The van der Waals surface area contributed by atoms with Crippen LogP contribution < -0.4 is 10.6 Å². The number of carbonyl (C=O) groups is 3. The standard InChI is InChI=1S/C27H32N4O4S.ClH/c32-24(26-30-21-12-4-5-14-23(21)36-26)22(29-25(33)20-11-8-15-28-17-20)13-6-7-16-31(27(34)35)18-19-9-2-1-3-10-19;/h1-5,9-10,12,14,20,22,28H,6-8,11,13,15-18H2,(H,29,33)(H,34,35);1H/t20-,22+;/m1./s1. The number of nitrogens with one attached hydrogen (secondary N) is 2. The molecule has 1 aliphatic heterocycles. The summed E-state index contributed by atoms with van der Waals surface area (Å²) in [6.45, 7) is 2.18. The molecule has 0 radical (unpaired) electrons. The second-order valence-electron chi connectivity index (χ2n) is 9.14. The summed E-state index contributed by atoms with van der Waals surface area (Å²) in [5, 5.41) is 16.2. The van der Waals surface area contributed by atoms with Crippen molar-refractivity contribution in [2.24, 2.45) is 5.92 Å². The largest absolute Gasteiger partial charge is 0.465 e. The van der Waals surface area contributed by atoms with Gasteiger partial charge in [-0.05, 0) is 56.3 Å². The summed E-state index contributed by atoms with van der Waals surface area (Å²) in [5.41, 5.74) is 1.70. The Bertz CT molecular complexity index is 1150. The minimum atomic E-state index is -0.973. The average molecular weight is 545 g/mol. The molecule has 37 heavy (non-hydrogen) atoms. The normalized spacial score (nSPS) is 15.9. The second kappa shape index (κ2) is 14.1. The molecule has 1 saturated heterocycles. The van der Waals surface area contributed by atoms with Crippen LogP contribution in [0, 0.1) is 5.92 Å². The van der Waals surface area contributed by atoms with Gasteiger partial charge in [-0.3, -0.25) is 9.59 Å². The fraction of sp³-hybridized carbons (Fsp3) is 0.407. The summed E-state index contributed by atoms with van der Waals surface area (Å²) in [7, 11) is 0. The number of fused-ring (bicyclic) bond motifs is 1. The number of thiazole rings is 1. The predicted octanol–water partition coefficient (Wildman–Crippen LogP) is 4.74. The molecule has 0 bridgehead atoms. The minimum absolute atomic E-state index is 0. The van der Waals surface area contributed by atoms with Crippen molar-refractivity contribution in [2.75, 3.05) is 19.6 Å². The molecule has 0 unspecified atom stereocenters. The molecule has 10 heteroatoms. The first kappa shape index (κ1) is 28.6. The molecule has 2 amide bonds. The number of amides is 2. The fourth-order valence-corrected chi connectivity index (χ4v) is 5.42. The lowest BCUT2D eigenvalue weighted by Gasteiger charge is -2.25. The van der Waals surface area contributed by atoms with Gasteiger partial charge in [0.1, 0.15) is 0 Å². The molecule has 0 aliphatic carbocycles. The minimum Gasteiger partial charge on any atom is -0.465 e. The number of carboxylic acid groups (broad SMARTS) is 1. The van der Waals surface area contributed by atoms with Crippen LogP contribution in [-0.4, -0.2) is 58.5 Å². The molecule has 0 saturated carbocycles. The van der Waals surface area contributed by atoms with Crippen molar-refractivity contribution < 1.29 is 19.5 Å². The highest BCUT2D eigenvalue weighted by Crippen LogP contribution is 2.24. The third kappa shape index (κ3) is 7.99. The average Bonchev–Trinajstić information content (AvgIpc) is 3.34. The first-order valence-corrected chi connectivity index (χ1v) is 13.3. The van der Waals surface area contributed by atoms with Gasteiger partial charge in [0, 0.05) is 19.6 Å². The molecule has 2 aromatic carbocycles. The zero-order chi connectivity index (χ0) is 25.3. The Kier molecular flexibility index (Phi) is 10.9. The number of rotatable bonds is 11. The molecule has 1 fully saturated rings. The molecule has 1 aromatic heterocycles. The van der Waals surface area contributed by atoms with Gasteiger partial charge in [-0.2, -0.15) is 0 Å². The Morgan fingerprint density at radius 2 is 1.86 bits per heavy atom. The number of para-hydroxylation sites is 1. The first-order valence-electron chi connectivity index (χ1n) is 12.4. The summed E-state index contributed by atoms with van der Waals surface area (Å²) in [6.07, 6.45) is 2.38. The van der Waals surface area contributed by atoms with E-state index in [1.165, 1.54) is 16.2 Å². The van der Waals surface area contributed by atoms with Crippen LogP contribution in [0.5, 0.6) is 0 Å². The molecule has 4 rings (SSSR count). The lowest BCUT2D eigenvalue weighted by Crippen LogP contribution is -2.47. The van der Waals surface area contributed by atoms with Crippen molar-refractivity contribution in [2.45, 2.75) is 44.7 Å². The topological polar surface area (TPSA) is 112 Å². The highest BCUT2D eigenvalue weighted by Gasteiger charge is 2.28. The van der Waals surface area contributed by atoms with Crippen molar-refractivity contribution in [3.05, 3.63) is 65.2 Å². The van der Waals surface area contributed by atoms with E-state index in [2.05, 4.69) is 15.6 Å². The maximum atomic E-state index is 13.4. The smallest absolute Gasteiger partial charge is 0.407 e. The number of Topliss-reactive ketones (excluding diaryl/α,β-unsaturated/α-hetero) is 1. The van der Waals surface area contributed by atoms with Crippen LogP contribution >= 0.6 is 23.7 Å². The van der Waals surface area contributed by atoms with E-state index in [0.29, 0.717) is 43.9 Å². The Labute approximate surface area is 226 Å². The van der Waals surface area contributed by atoms with Gasteiger partial charge >= 0.3 is 6.09 Å². The second-order valence-corrected chi connectivity index (χ2v) is 10.2. The van der Waals surface area contributed by atoms with E-state index in [0.717, 1.165) is 35.2 Å². The number of nitrogens with zero attached hydrogens (tertiary/aromatic N) is 2. The number of unbranched alkanes of at least 4 members (excludes halogenated alkanes) is 1. The third-order valence-electron chi connectivity index (χ3n) is 6.46. The van der Waals surface area contributed by atoms with Gasteiger partial charge < -0.3 is 20.6 Å². The number of benzene rings is 2. The summed E-state index contributed by atoms with van der Waals surface area (Å²) >= 11 is 1.34. The molecule has 8 nitrogen and oxygen atoms in total. The van der Waals surface area contributed by atoms with Gasteiger partial charge in [0.05, 0.1) is 22.2 Å². The quantitative estimate of drug-likeness (QED) is 0.237. The Morgan fingerprint density at radius 1 is 1.11 bits per heavy atom. The van der Waals surface area contributed by atoms with E-state index < -0.39 is 12.1 Å². The number of aromatic nitrogens is 1. The number of hydrogen-bond donors (Lipinski definition) is 3. The fourth-order valence-electron chi connectivity index (χ4n) is 4.46. The zero-order valence-electron chi connectivity index (χ0n) is 20.6. The van der Waals surface area contributed by atoms with E-state index in [9.17, 15) is 19.5 Å². The van der Waals surface area contributed by atoms with Crippen molar-refractivity contribution in [1.29, 1.82) is 0 Å². The van der Waals surface area contributed by atoms with Crippen LogP contribution in [0.1, 0.15) is 47.5 Å². The van der Waals surface area contributed by atoms with E-state index in [1.807, 2.05) is 54.6 Å². The van der Waals surface area contributed by atoms with E-state index in [1.54, 1.807) is 0 Å². The van der Waals surface area contributed by atoms with Crippen molar-refractivity contribution in [3.63, 3.8) is 0 Å². The van der Waals surface area contributed by atoms with Gasteiger partial charge in [0.25, 0.3) is 0 Å². The van der Waals surface area contributed by atoms with E-state index in [4.69, 9.17) is 0 Å². The third-order valence-corrected chi connectivity index (χ3v) is 7.51. The number of carbonyl (C=O) groups excluding carboxylic acids is 2. The van der Waals surface area contributed by atoms with E-state index in [-0.39, 0.29) is 30.0 Å². The maximum absolute atomic E-state index is 13.4. The molecule has 2 heterocycles. The molecule has 198 valence electrons. The number of halogens is 1. The highest BCUT2D eigenvalue weighted by atomic mass is 35.5. The molecular weight excluding hydrogens is 512 g/mol. The summed E-state index contributed by atoms with van der Waals surface area (Å²) < 4.78 is 0.931. The number of ketones is 1. The highest BCUT2D eigenvalue weighted by molar-refractivity contribution is 7.20. The molecule has 3 aromatic rings. The van der Waals surface area contributed by atoms with Crippen LogP contribution in [0.25, 0.3) is 10.2 Å². The Morgan fingerprint density at radius 3 is 2.57 bits per heavy atom. The molecule has 0 spiro atoms. The van der Waals surface area contributed by atoms with Crippen LogP contribution in [0.2, 0.25) is 0 Å². The van der Waals surface area contributed by atoms with Crippen LogP contribution in [0.15, 0.2) is 54.6 Å². The van der Waals surface area contributed by atoms with Crippen LogP contribution in [0.3, 0.4) is 0 Å². The lowest BCUT2D eigenvalue weighted by atomic mass is 9.97. The first-order chi connectivity index (χ1) is 17.5. The molecular formula is C27H33ClN4O4S. The Balaban J connectivity index is 0.00000380. The van der Waals surface area contributed by atoms with Crippen molar-refractivity contribution >= 4 is 51.7 Å². The van der Waals surface area contributed by atoms with Crippen LogP contribution in [-0.2, 0) is 11.3 Å². The lowest BCUT2D eigenvalue weighted by molar-refractivity contribution is -0.126. The van der Waals surface area contributed by atoms with Crippen molar-refractivity contribution in [1.82, 2.24) is 20.5 Å². The monoisotopic (exact) mass is 544 g/mol.